The first-order valence-electron chi connectivity index (χ1n) is 38.9. The number of rotatable bonds is 11. The maximum atomic E-state index is 7.02. The molecule has 528 valence electrons. The highest BCUT2D eigenvalue weighted by Crippen LogP contribution is 2.55. The van der Waals surface area contributed by atoms with Crippen LogP contribution in [0.4, 0.5) is 34.1 Å². The van der Waals surface area contributed by atoms with Crippen LogP contribution in [0.15, 0.2) is 373 Å². The van der Waals surface area contributed by atoms with Crippen LogP contribution in [0.3, 0.4) is 0 Å². The average molecular weight is 1430 g/mol. The number of benzene rings is 17. The molecule has 23 rings (SSSR count). The van der Waals surface area contributed by atoms with Gasteiger partial charge >= 0.3 is 0 Å². The van der Waals surface area contributed by atoms with E-state index in [1.54, 1.807) is 0 Å². The van der Waals surface area contributed by atoms with Gasteiger partial charge in [-0.3, -0.25) is 0 Å². The molecule has 0 bridgehead atoms. The van der Waals surface area contributed by atoms with Gasteiger partial charge in [-0.2, -0.15) is 0 Å². The van der Waals surface area contributed by atoms with E-state index in [0.29, 0.717) is 0 Å². The molecule has 0 fully saturated rings. The summed E-state index contributed by atoms with van der Waals surface area (Å²) in [6.45, 7) is 9.57. The molecule has 21 aromatic rings. The minimum absolute atomic E-state index is 0.288. The molecule has 17 aromatic carbocycles. The Morgan fingerprint density at radius 2 is 0.607 bits per heavy atom. The largest absolute Gasteiger partial charge is 0.455 e. The van der Waals surface area contributed by atoms with Crippen molar-refractivity contribution in [3.8, 4) is 67.0 Å². The van der Waals surface area contributed by atoms with E-state index in [0.717, 1.165) is 117 Å². The summed E-state index contributed by atoms with van der Waals surface area (Å²) in [5, 5.41) is 11.8. The van der Waals surface area contributed by atoms with E-state index >= 15 is 0 Å². The Morgan fingerprint density at radius 1 is 0.232 bits per heavy atom. The SMILES string of the molecule is CC1(C)c2cc(N(c3ccc(-c4cccc5c4oc4ccccc45)cc3)c3cccc(-c4ccc5oc6c(-c7ccc(N(c8ccc9c(c8)C(C)(C)c8cc(-n%10c%11ccccc%11c%11ccccc%11%10)ccc8-9)c8cccc9ccccc89)cc7)cccc6c5c4)c3)ccc2-c2ccc(-n3c4ccccc4c4ccccc43)cc21. The highest BCUT2D eigenvalue weighted by atomic mass is 16.3. The summed E-state index contributed by atoms with van der Waals surface area (Å²) in [5.41, 5.74) is 33.3. The van der Waals surface area contributed by atoms with Crippen LogP contribution in [0.5, 0.6) is 0 Å². The summed E-state index contributed by atoms with van der Waals surface area (Å²) < 4.78 is 18.5. The van der Waals surface area contributed by atoms with Crippen molar-refractivity contribution >= 4 is 132 Å². The summed E-state index contributed by atoms with van der Waals surface area (Å²) in [6.07, 6.45) is 0. The van der Waals surface area contributed by atoms with Gasteiger partial charge in [0, 0.05) is 110 Å². The highest BCUT2D eigenvalue weighted by molar-refractivity contribution is 6.14. The van der Waals surface area contributed by atoms with Crippen molar-refractivity contribution in [2.45, 2.75) is 38.5 Å². The standard InChI is InChI=1S/C106H72N4O2/c1-105(2)92-61-73(50-54-80(92)82-56-52-75(63-94(82)105)109-97-35-12-7-26-84(97)85-27-8-13-36-98(85)109)107(70-46-41-66(42-47-70)78-31-19-33-89-88-30-11-16-40-101(88)111-103(78)89)72-24-17-23-68(59-72)69-45-58-102-91(60-69)90-34-20-32-79(104(90)112-102)67-43-48-71(49-44-67)108(96-39-18-22-65-21-5-6-25-77(65)96)74-51-55-81-83-57-53-76(64-95(83)106(3,4)93(81)62-74)110-99-37-14-9-28-86(99)87-29-10-15-38-100(87)110/h5-64H,1-4H3. The Morgan fingerprint density at radius 3 is 1.15 bits per heavy atom. The van der Waals surface area contributed by atoms with Gasteiger partial charge in [0.05, 0.1) is 27.8 Å². The molecule has 0 aliphatic heterocycles. The summed E-state index contributed by atoms with van der Waals surface area (Å²) in [7, 11) is 0. The van der Waals surface area contributed by atoms with Crippen LogP contribution in [0, 0.1) is 0 Å². The summed E-state index contributed by atoms with van der Waals surface area (Å²) in [5.74, 6) is 0. The van der Waals surface area contributed by atoms with Gasteiger partial charge in [0.2, 0.25) is 0 Å². The number of hydrogen-bond donors (Lipinski definition) is 0. The van der Waals surface area contributed by atoms with Gasteiger partial charge in [-0.1, -0.05) is 258 Å². The third-order valence-electron chi connectivity index (χ3n) is 24.7. The number of hydrogen-bond acceptors (Lipinski definition) is 4. The summed E-state index contributed by atoms with van der Waals surface area (Å²) >= 11 is 0. The average Bonchev–Trinajstić information content (AvgIpc) is 1.56. The fraction of sp³-hybridized carbons (Fsp3) is 0.0566. The van der Waals surface area contributed by atoms with Gasteiger partial charge in [0.25, 0.3) is 0 Å². The lowest BCUT2D eigenvalue weighted by molar-refractivity contribution is 0.660. The van der Waals surface area contributed by atoms with E-state index in [9.17, 15) is 0 Å². The van der Waals surface area contributed by atoms with Crippen LogP contribution in [0.25, 0.3) is 165 Å². The van der Waals surface area contributed by atoms with Gasteiger partial charge in [0.15, 0.2) is 0 Å². The molecule has 4 heterocycles. The number of para-hydroxylation sites is 7. The molecule has 0 saturated carbocycles. The van der Waals surface area contributed by atoms with Crippen molar-refractivity contribution < 1.29 is 8.83 Å². The van der Waals surface area contributed by atoms with Crippen molar-refractivity contribution in [2.24, 2.45) is 0 Å². The van der Waals surface area contributed by atoms with Crippen molar-refractivity contribution in [2.75, 3.05) is 9.80 Å². The fourth-order valence-corrected chi connectivity index (χ4v) is 19.2. The van der Waals surface area contributed by atoms with E-state index in [-0.39, 0.29) is 10.8 Å². The first-order valence-corrected chi connectivity index (χ1v) is 38.9. The smallest absolute Gasteiger partial charge is 0.143 e. The maximum absolute atomic E-state index is 7.02. The lowest BCUT2D eigenvalue weighted by Gasteiger charge is -2.29. The monoisotopic (exact) mass is 1430 g/mol. The minimum atomic E-state index is -0.316. The van der Waals surface area contributed by atoms with Crippen molar-refractivity contribution in [1.82, 2.24) is 9.13 Å². The first-order chi connectivity index (χ1) is 55.0. The van der Waals surface area contributed by atoms with Crippen molar-refractivity contribution in [3.05, 3.63) is 386 Å². The zero-order chi connectivity index (χ0) is 74.2. The maximum Gasteiger partial charge on any atom is 0.143 e. The molecule has 0 radical (unpaired) electrons. The van der Waals surface area contributed by atoms with E-state index in [1.165, 1.54) is 105 Å². The van der Waals surface area contributed by atoms with Crippen LogP contribution in [0.2, 0.25) is 0 Å². The Bertz CT molecular complexity index is 7410. The zero-order valence-electron chi connectivity index (χ0n) is 62.2. The number of anilines is 6. The van der Waals surface area contributed by atoms with Crippen molar-refractivity contribution in [1.29, 1.82) is 0 Å². The summed E-state index contributed by atoms with van der Waals surface area (Å²) in [6, 6.07) is 134. The molecule has 6 nitrogen and oxygen atoms in total. The summed E-state index contributed by atoms with van der Waals surface area (Å²) in [4.78, 5) is 4.87. The van der Waals surface area contributed by atoms with Crippen LogP contribution in [-0.4, -0.2) is 9.13 Å². The third kappa shape index (κ3) is 9.52. The van der Waals surface area contributed by atoms with E-state index in [4.69, 9.17) is 8.83 Å². The third-order valence-corrected chi connectivity index (χ3v) is 24.7. The molecular weight excluding hydrogens is 1360 g/mol. The molecule has 0 atom stereocenters. The van der Waals surface area contributed by atoms with E-state index < -0.39 is 0 Å². The van der Waals surface area contributed by atoms with Gasteiger partial charge in [-0.15, -0.1) is 0 Å². The van der Waals surface area contributed by atoms with Crippen LogP contribution in [-0.2, 0) is 10.8 Å². The number of furan rings is 2. The molecule has 6 heteroatoms. The quantitative estimate of drug-likeness (QED) is 0.129. The Balaban J connectivity index is 0.594. The van der Waals surface area contributed by atoms with Crippen LogP contribution >= 0.6 is 0 Å². The molecule has 0 N–H and O–H groups in total. The first kappa shape index (κ1) is 63.9. The Hall–Kier alpha value is -14.2. The van der Waals surface area contributed by atoms with Gasteiger partial charge in [0.1, 0.15) is 22.3 Å². The number of nitrogens with zero attached hydrogens (tertiary/aromatic N) is 4. The van der Waals surface area contributed by atoms with Gasteiger partial charge < -0.3 is 27.8 Å². The molecule has 2 aliphatic carbocycles. The van der Waals surface area contributed by atoms with E-state index in [1.807, 2.05) is 6.07 Å². The molecule has 0 amide bonds. The second-order valence-corrected chi connectivity index (χ2v) is 31.5. The minimum Gasteiger partial charge on any atom is -0.455 e. The second-order valence-electron chi connectivity index (χ2n) is 31.5. The second kappa shape index (κ2) is 24.1. The molecule has 2 aliphatic rings. The Labute approximate surface area is 647 Å². The molecule has 0 spiro atoms. The predicted octanol–water partition coefficient (Wildman–Crippen LogP) is 29.4. The molecule has 112 heavy (non-hydrogen) atoms. The fourth-order valence-electron chi connectivity index (χ4n) is 19.2. The van der Waals surface area contributed by atoms with Gasteiger partial charge in [-0.05, 0) is 206 Å². The molecular formula is C106H72N4O2. The lowest BCUT2D eigenvalue weighted by Crippen LogP contribution is -2.17. The van der Waals surface area contributed by atoms with Crippen LogP contribution < -0.4 is 9.80 Å². The molecule has 0 unspecified atom stereocenters. The van der Waals surface area contributed by atoms with Crippen molar-refractivity contribution in [3.63, 3.8) is 0 Å². The normalized spacial score (nSPS) is 13.3. The van der Waals surface area contributed by atoms with Gasteiger partial charge in [-0.25, -0.2) is 0 Å². The lowest BCUT2D eigenvalue weighted by atomic mass is 9.82. The molecule has 4 aromatic heterocycles. The highest BCUT2D eigenvalue weighted by Gasteiger charge is 2.39. The topological polar surface area (TPSA) is 42.6 Å². The van der Waals surface area contributed by atoms with Crippen LogP contribution in [0.1, 0.15) is 49.9 Å². The number of aromatic nitrogens is 2. The number of fused-ring (bicyclic) bond motifs is 19. The van der Waals surface area contributed by atoms with E-state index in [2.05, 4.69) is 405 Å². The predicted molar refractivity (Wildman–Crippen MR) is 468 cm³/mol. The zero-order valence-corrected chi connectivity index (χ0v) is 62.2. The Kier molecular flexibility index (Phi) is 13.8. The molecule has 0 saturated heterocycles.